The van der Waals surface area contributed by atoms with Crippen molar-refractivity contribution in [2.75, 3.05) is 6.61 Å². The summed E-state index contributed by atoms with van der Waals surface area (Å²) in [6.07, 6.45) is -0.410. The molecule has 1 aliphatic carbocycles. The van der Waals surface area contributed by atoms with Crippen LogP contribution in [0.3, 0.4) is 0 Å². The fraction of sp³-hybridized carbons (Fsp3) is 0.303. The Morgan fingerprint density at radius 3 is 2.54 bits per heavy atom. The molecule has 3 atom stereocenters. The second-order valence-corrected chi connectivity index (χ2v) is 11.3. The molecule has 1 aliphatic heterocycles. The zero-order valence-electron chi connectivity index (χ0n) is 22.8. The fourth-order valence-corrected chi connectivity index (χ4v) is 6.50. The molecule has 3 heterocycles. The van der Waals surface area contributed by atoms with E-state index in [2.05, 4.69) is 45.3 Å². The lowest BCUT2D eigenvalue weighted by Crippen LogP contribution is -2.06. The second-order valence-electron chi connectivity index (χ2n) is 11.3. The quantitative estimate of drug-likeness (QED) is 0.245. The minimum absolute atomic E-state index is 0. The normalized spacial score (nSPS) is 20.1. The Morgan fingerprint density at radius 2 is 1.73 bits per heavy atom. The van der Waals surface area contributed by atoms with Crippen LogP contribution in [0, 0.1) is 25.7 Å². The van der Waals surface area contributed by atoms with Crippen LogP contribution < -0.4 is 4.74 Å². The lowest BCUT2D eigenvalue weighted by Gasteiger charge is -2.16. The molecule has 3 unspecified atom stereocenters. The van der Waals surface area contributed by atoms with Crippen molar-refractivity contribution in [3.8, 4) is 16.9 Å². The molecule has 0 amide bonds. The highest BCUT2D eigenvalue weighted by Gasteiger charge is 2.52. The number of nitrogens with zero attached hydrogens (tertiary/aromatic N) is 3. The highest BCUT2D eigenvalue weighted by Crippen LogP contribution is 2.59. The summed E-state index contributed by atoms with van der Waals surface area (Å²) in [5.41, 5.74) is 8.51. The van der Waals surface area contributed by atoms with Crippen molar-refractivity contribution in [3.05, 3.63) is 106 Å². The Morgan fingerprint density at radius 1 is 0.951 bits per heavy atom. The van der Waals surface area contributed by atoms with Crippen LogP contribution in [0.2, 0.25) is 0 Å². The van der Waals surface area contributed by atoms with E-state index in [1.807, 2.05) is 19.9 Å². The van der Waals surface area contributed by atoms with Crippen LogP contribution >= 0.6 is 0 Å². The summed E-state index contributed by atoms with van der Waals surface area (Å²) >= 11 is 0. The number of ether oxygens (including phenoxy) is 1. The van der Waals surface area contributed by atoms with Crippen LogP contribution in [0.1, 0.15) is 53.2 Å². The number of hydrogen-bond acceptors (Lipinski definition) is 4. The summed E-state index contributed by atoms with van der Waals surface area (Å²) in [6.45, 7) is 4.55. The van der Waals surface area contributed by atoms with Crippen molar-refractivity contribution >= 4 is 11.0 Å². The smallest absolute Gasteiger partial charge is 0.416 e. The molecule has 1 fully saturated rings. The number of imidazole rings is 1. The van der Waals surface area contributed by atoms with Crippen molar-refractivity contribution in [1.29, 1.82) is 0 Å². The molecule has 8 heteroatoms. The number of alkyl halides is 3. The SMILES string of the molecule is Cc1nc2ccc(-c3ccc4c(c3)CC3C(CCO4)C3c3ncnc(C)c3Cc3ccc(C(F)(F)F)cc3)cc2[nH]1.[HH]. The average Bonchev–Trinajstić information content (AvgIpc) is 3.43. The summed E-state index contributed by atoms with van der Waals surface area (Å²) in [6, 6.07) is 18.1. The predicted molar refractivity (Wildman–Crippen MR) is 153 cm³/mol. The maximum atomic E-state index is 13.1. The van der Waals surface area contributed by atoms with Crippen LogP contribution in [0.25, 0.3) is 22.2 Å². The number of fused-ring (bicyclic) bond motifs is 3. The maximum Gasteiger partial charge on any atom is 0.416 e. The van der Waals surface area contributed by atoms with Gasteiger partial charge in [-0.25, -0.2) is 15.0 Å². The van der Waals surface area contributed by atoms with E-state index in [0.29, 0.717) is 24.9 Å². The largest absolute Gasteiger partial charge is 0.493 e. The highest BCUT2D eigenvalue weighted by atomic mass is 19.4. The van der Waals surface area contributed by atoms with E-state index >= 15 is 0 Å². The fourth-order valence-electron chi connectivity index (χ4n) is 6.50. The summed E-state index contributed by atoms with van der Waals surface area (Å²) in [5.74, 6) is 2.96. The zero-order chi connectivity index (χ0) is 28.3. The number of halogens is 3. The van der Waals surface area contributed by atoms with Gasteiger partial charge in [0.25, 0.3) is 0 Å². The average molecular weight is 557 g/mol. The molecule has 5 nitrogen and oxygen atoms in total. The van der Waals surface area contributed by atoms with Crippen molar-refractivity contribution in [1.82, 2.24) is 19.9 Å². The first-order valence-corrected chi connectivity index (χ1v) is 13.9. The van der Waals surface area contributed by atoms with Gasteiger partial charge in [0.05, 0.1) is 28.9 Å². The standard InChI is InChI=1S/C33H29F3N4O.H2/c1-18-26(13-20-3-7-24(8-4-20)33(34,35)36)32(38-17-37-18)31-25-11-12-41-30-10-6-21(14-23(30)15-27(25)31)22-5-9-28-29(16-22)40-19(2)39-28;/h3-10,14,16-17,25,27,31H,11-13,15H2,1-2H3,(H,39,40);1H. The van der Waals surface area contributed by atoms with E-state index < -0.39 is 11.7 Å². The molecule has 7 rings (SSSR count). The Balaban J connectivity index is 0.00000316. The van der Waals surface area contributed by atoms with Gasteiger partial charge in [0.1, 0.15) is 17.9 Å². The third-order valence-corrected chi connectivity index (χ3v) is 8.66. The first kappa shape index (κ1) is 25.7. The summed E-state index contributed by atoms with van der Waals surface area (Å²) in [4.78, 5) is 17.0. The molecular formula is C33H31F3N4O. The minimum Gasteiger partial charge on any atom is -0.493 e. The van der Waals surface area contributed by atoms with Gasteiger partial charge >= 0.3 is 6.18 Å². The number of benzene rings is 3. The van der Waals surface area contributed by atoms with Crippen molar-refractivity contribution in [3.63, 3.8) is 0 Å². The van der Waals surface area contributed by atoms with Crippen LogP contribution in [-0.2, 0) is 19.0 Å². The van der Waals surface area contributed by atoms with Gasteiger partial charge in [0, 0.05) is 19.5 Å². The number of H-pyrrole nitrogens is 1. The molecule has 2 aliphatic rings. The first-order chi connectivity index (χ1) is 19.7. The summed E-state index contributed by atoms with van der Waals surface area (Å²) < 4.78 is 45.5. The van der Waals surface area contributed by atoms with E-state index in [9.17, 15) is 13.2 Å². The van der Waals surface area contributed by atoms with Crippen molar-refractivity contribution < 1.29 is 19.3 Å². The lowest BCUT2D eigenvalue weighted by molar-refractivity contribution is -0.137. The van der Waals surface area contributed by atoms with Crippen LogP contribution in [0.15, 0.2) is 67.0 Å². The first-order valence-electron chi connectivity index (χ1n) is 13.9. The molecule has 3 aromatic carbocycles. The predicted octanol–water partition coefficient (Wildman–Crippen LogP) is 7.85. The Hall–Kier alpha value is -4.20. The summed E-state index contributed by atoms with van der Waals surface area (Å²) in [7, 11) is 0. The van der Waals surface area contributed by atoms with Gasteiger partial charge in [0.15, 0.2) is 0 Å². The summed E-state index contributed by atoms with van der Waals surface area (Å²) in [5, 5.41) is 0. The zero-order valence-corrected chi connectivity index (χ0v) is 22.8. The number of aromatic nitrogens is 4. The number of aromatic amines is 1. The van der Waals surface area contributed by atoms with Gasteiger partial charge in [-0.2, -0.15) is 13.2 Å². The molecule has 5 aromatic rings. The second kappa shape index (κ2) is 9.72. The molecule has 0 spiro atoms. The molecular weight excluding hydrogens is 525 g/mol. The third kappa shape index (κ3) is 4.85. The third-order valence-electron chi connectivity index (χ3n) is 8.66. The Bertz CT molecular complexity index is 1770. The number of rotatable bonds is 4. The van der Waals surface area contributed by atoms with Gasteiger partial charge in [-0.1, -0.05) is 24.3 Å². The monoisotopic (exact) mass is 556 g/mol. The van der Waals surface area contributed by atoms with Gasteiger partial charge in [-0.05, 0) is 103 Å². The Kier molecular flexibility index (Phi) is 6.10. The molecule has 1 saturated carbocycles. The van der Waals surface area contributed by atoms with Crippen molar-refractivity contribution in [2.24, 2.45) is 11.8 Å². The van der Waals surface area contributed by atoms with E-state index in [-0.39, 0.29) is 7.34 Å². The molecule has 41 heavy (non-hydrogen) atoms. The minimum atomic E-state index is -4.35. The van der Waals surface area contributed by atoms with Gasteiger partial charge in [0.2, 0.25) is 0 Å². The molecule has 0 bridgehead atoms. The van der Waals surface area contributed by atoms with E-state index in [4.69, 9.17) is 9.72 Å². The number of aryl methyl sites for hydroxylation is 2. The molecule has 2 aromatic heterocycles. The number of hydrogen-bond donors (Lipinski definition) is 1. The van der Waals surface area contributed by atoms with Crippen LogP contribution in [0.4, 0.5) is 13.2 Å². The maximum absolute atomic E-state index is 13.1. The Labute approximate surface area is 237 Å². The van der Waals surface area contributed by atoms with Crippen molar-refractivity contribution in [2.45, 2.75) is 45.2 Å². The van der Waals surface area contributed by atoms with Crippen LogP contribution in [-0.4, -0.2) is 26.5 Å². The van der Waals surface area contributed by atoms with Crippen LogP contribution in [0.5, 0.6) is 5.75 Å². The highest BCUT2D eigenvalue weighted by molar-refractivity contribution is 5.82. The molecule has 1 N–H and O–H groups in total. The van der Waals surface area contributed by atoms with Gasteiger partial charge in [-0.3, -0.25) is 0 Å². The topological polar surface area (TPSA) is 63.7 Å². The number of nitrogens with one attached hydrogen (secondary N) is 1. The van der Waals surface area contributed by atoms with E-state index in [0.717, 1.165) is 81.2 Å². The molecule has 210 valence electrons. The van der Waals surface area contributed by atoms with E-state index in [1.54, 1.807) is 18.5 Å². The van der Waals surface area contributed by atoms with Gasteiger partial charge < -0.3 is 9.72 Å². The van der Waals surface area contributed by atoms with E-state index in [1.165, 1.54) is 5.56 Å². The molecule has 0 radical (unpaired) electrons. The lowest BCUT2D eigenvalue weighted by atomic mass is 9.96. The van der Waals surface area contributed by atoms with Gasteiger partial charge in [-0.15, -0.1) is 0 Å². The molecule has 0 saturated heterocycles.